The highest BCUT2D eigenvalue weighted by Gasteiger charge is 2.27. The highest BCUT2D eigenvalue weighted by Crippen LogP contribution is 2.20. The number of nitrogens with zero attached hydrogens (tertiary/aromatic N) is 3. The molecular formula is C21H34N4O3S. The van der Waals surface area contributed by atoms with Crippen molar-refractivity contribution in [2.24, 2.45) is 0 Å². The molecule has 0 atom stereocenters. The van der Waals surface area contributed by atoms with Gasteiger partial charge in [-0.25, -0.2) is 8.42 Å². The maximum Gasteiger partial charge on any atom is 0.243 e. The molecule has 2 aliphatic rings. The van der Waals surface area contributed by atoms with Crippen LogP contribution >= 0.6 is 0 Å². The van der Waals surface area contributed by atoms with Crippen LogP contribution in [-0.2, 0) is 14.8 Å². The standard InChI is InChI=1S/C21H34N4O3S/c1-18-5-6-20(17-19(18)2)29(27,28)25(16-15-23-10-3-4-11-23)12-7-21(26)24-13-8-22-9-14-24/h5-6,17,22H,3-4,7-16H2,1-2H3. The average molecular weight is 423 g/mol. The van der Waals surface area contributed by atoms with E-state index >= 15 is 0 Å². The van der Waals surface area contributed by atoms with Crippen LogP contribution in [0.4, 0.5) is 0 Å². The summed E-state index contributed by atoms with van der Waals surface area (Å²) >= 11 is 0. The first-order chi connectivity index (χ1) is 13.9. The van der Waals surface area contributed by atoms with Gasteiger partial charge in [0, 0.05) is 52.2 Å². The third kappa shape index (κ3) is 5.78. The fraction of sp³-hybridized carbons (Fsp3) is 0.667. The molecule has 1 aromatic rings. The molecule has 2 aliphatic heterocycles. The van der Waals surface area contributed by atoms with Gasteiger partial charge in [-0.2, -0.15) is 4.31 Å². The molecule has 2 saturated heterocycles. The van der Waals surface area contributed by atoms with E-state index in [1.54, 1.807) is 12.1 Å². The Kier molecular flexibility index (Phi) is 7.67. The van der Waals surface area contributed by atoms with Gasteiger partial charge in [0.15, 0.2) is 0 Å². The van der Waals surface area contributed by atoms with Crippen molar-refractivity contribution < 1.29 is 13.2 Å². The third-order valence-electron chi connectivity index (χ3n) is 6.03. The quantitative estimate of drug-likeness (QED) is 0.682. The number of sulfonamides is 1. The smallest absolute Gasteiger partial charge is 0.243 e. The second-order valence-electron chi connectivity index (χ2n) is 8.08. The molecule has 1 N–H and O–H groups in total. The lowest BCUT2D eigenvalue weighted by atomic mass is 10.1. The summed E-state index contributed by atoms with van der Waals surface area (Å²) in [6.07, 6.45) is 2.57. The Morgan fingerprint density at radius 1 is 1.03 bits per heavy atom. The Bertz CT molecular complexity index is 800. The number of nitrogens with one attached hydrogen (secondary N) is 1. The molecule has 162 valence electrons. The molecule has 2 heterocycles. The van der Waals surface area contributed by atoms with Gasteiger partial charge in [0.1, 0.15) is 0 Å². The van der Waals surface area contributed by atoms with Crippen LogP contribution in [0.3, 0.4) is 0 Å². The molecule has 0 aliphatic carbocycles. The van der Waals surface area contributed by atoms with Crippen molar-refractivity contribution in [2.45, 2.75) is 38.0 Å². The van der Waals surface area contributed by atoms with Crippen LogP contribution in [0, 0.1) is 13.8 Å². The summed E-state index contributed by atoms with van der Waals surface area (Å²) in [6.45, 7) is 10.3. The highest BCUT2D eigenvalue weighted by atomic mass is 32.2. The summed E-state index contributed by atoms with van der Waals surface area (Å²) in [7, 11) is -3.63. The van der Waals surface area contributed by atoms with E-state index in [1.165, 1.54) is 17.1 Å². The third-order valence-corrected chi connectivity index (χ3v) is 7.92. The van der Waals surface area contributed by atoms with Gasteiger partial charge >= 0.3 is 0 Å². The van der Waals surface area contributed by atoms with Crippen molar-refractivity contribution in [1.29, 1.82) is 0 Å². The number of rotatable bonds is 8. The predicted molar refractivity (Wildman–Crippen MR) is 114 cm³/mol. The number of carbonyl (C=O) groups excluding carboxylic acids is 1. The monoisotopic (exact) mass is 422 g/mol. The lowest BCUT2D eigenvalue weighted by molar-refractivity contribution is -0.131. The summed E-state index contributed by atoms with van der Waals surface area (Å²) in [6, 6.07) is 5.27. The van der Waals surface area contributed by atoms with Crippen molar-refractivity contribution in [2.75, 3.05) is 58.9 Å². The lowest BCUT2D eigenvalue weighted by Crippen LogP contribution is -2.47. The van der Waals surface area contributed by atoms with Crippen LogP contribution < -0.4 is 5.32 Å². The molecule has 0 aromatic heterocycles. The van der Waals surface area contributed by atoms with Crippen molar-refractivity contribution in [1.82, 2.24) is 19.4 Å². The zero-order valence-corrected chi connectivity index (χ0v) is 18.5. The number of aryl methyl sites for hydroxylation is 2. The molecular weight excluding hydrogens is 388 g/mol. The van der Waals surface area contributed by atoms with E-state index in [2.05, 4.69) is 10.2 Å². The van der Waals surface area contributed by atoms with Crippen LogP contribution in [0.15, 0.2) is 23.1 Å². The normalized spacial score (nSPS) is 18.5. The number of amides is 1. The van der Waals surface area contributed by atoms with E-state index in [0.717, 1.165) is 37.3 Å². The number of hydrogen-bond acceptors (Lipinski definition) is 5. The van der Waals surface area contributed by atoms with E-state index < -0.39 is 10.0 Å². The zero-order valence-electron chi connectivity index (χ0n) is 17.7. The first kappa shape index (κ1) is 22.2. The molecule has 7 nitrogen and oxygen atoms in total. The maximum absolute atomic E-state index is 13.4. The maximum atomic E-state index is 13.4. The molecule has 0 radical (unpaired) electrons. The molecule has 0 bridgehead atoms. The number of hydrogen-bond donors (Lipinski definition) is 1. The SMILES string of the molecule is Cc1ccc(S(=O)(=O)N(CCC(=O)N2CCNCC2)CCN2CCCC2)cc1C. The number of carbonyl (C=O) groups is 1. The van der Waals surface area contributed by atoms with Crippen LogP contribution in [0.2, 0.25) is 0 Å². The summed E-state index contributed by atoms with van der Waals surface area (Å²) < 4.78 is 28.2. The van der Waals surface area contributed by atoms with Gasteiger partial charge in [-0.3, -0.25) is 4.79 Å². The van der Waals surface area contributed by atoms with Gasteiger partial charge in [0.2, 0.25) is 15.9 Å². The van der Waals surface area contributed by atoms with E-state index in [0.29, 0.717) is 31.1 Å². The molecule has 0 spiro atoms. The molecule has 0 saturated carbocycles. The minimum Gasteiger partial charge on any atom is -0.340 e. The van der Waals surface area contributed by atoms with Gasteiger partial charge in [0.25, 0.3) is 0 Å². The second-order valence-corrected chi connectivity index (χ2v) is 10.0. The van der Waals surface area contributed by atoms with E-state index in [9.17, 15) is 13.2 Å². The molecule has 8 heteroatoms. The Morgan fingerprint density at radius 3 is 2.38 bits per heavy atom. The number of likely N-dealkylation sites (tertiary alicyclic amines) is 1. The van der Waals surface area contributed by atoms with Crippen molar-refractivity contribution in [3.63, 3.8) is 0 Å². The van der Waals surface area contributed by atoms with Crippen LogP contribution in [0.25, 0.3) is 0 Å². The molecule has 3 rings (SSSR count). The lowest BCUT2D eigenvalue weighted by Gasteiger charge is -2.29. The summed E-state index contributed by atoms with van der Waals surface area (Å²) in [5.74, 6) is 0.0351. The van der Waals surface area contributed by atoms with Crippen molar-refractivity contribution in [3.8, 4) is 0 Å². The van der Waals surface area contributed by atoms with Crippen molar-refractivity contribution >= 4 is 15.9 Å². The summed E-state index contributed by atoms with van der Waals surface area (Å²) in [4.78, 5) is 17.0. The van der Waals surface area contributed by atoms with E-state index in [1.807, 2.05) is 24.8 Å². The van der Waals surface area contributed by atoms with Gasteiger partial charge < -0.3 is 15.1 Å². The largest absolute Gasteiger partial charge is 0.340 e. The summed E-state index contributed by atoms with van der Waals surface area (Å²) in [5, 5.41) is 3.24. The fourth-order valence-corrected chi connectivity index (χ4v) is 5.44. The minimum absolute atomic E-state index is 0.0351. The first-order valence-corrected chi connectivity index (χ1v) is 12.1. The van der Waals surface area contributed by atoms with E-state index in [-0.39, 0.29) is 18.9 Å². The molecule has 29 heavy (non-hydrogen) atoms. The van der Waals surface area contributed by atoms with E-state index in [4.69, 9.17) is 0 Å². The van der Waals surface area contributed by atoms with Crippen LogP contribution in [0.1, 0.15) is 30.4 Å². The van der Waals surface area contributed by atoms with Gasteiger partial charge in [-0.05, 0) is 63.0 Å². The molecule has 2 fully saturated rings. The number of piperazine rings is 1. The Balaban J connectivity index is 1.71. The van der Waals surface area contributed by atoms with Crippen LogP contribution in [-0.4, -0.2) is 87.3 Å². The average Bonchev–Trinajstić information content (AvgIpc) is 3.23. The van der Waals surface area contributed by atoms with Crippen LogP contribution in [0.5, 0.6) is 0 Å². The molecule has 0 unspecified atom stereocenters. The Morgan fingerprint density at radius 2 is 1.72 bits per heavy atom. The zero-order chi connectivity index (χ0) is 20.9. The van der Waals surface area contributed by atoms with Gasteiger partial charge in [-0.1, -0.05) is 6.07 Å². The first-order valence-electron chi connectivity index (χ1n) is 10.7. The molecule has 1 amide bonds. The van der Waals surface area contributed by atoms with Gasteiger partial charge in [-0.15, -0.1) is 0 Å². The predicted octanol–water partition coefficient (Wildman–Crippen LogP) is 1.21. The van der Waals surface area contributed by atoms with Crippen molar-refractivity contribution in [3.05, 3.63) is 29.3 Å². The topological polar surface area (TPSA) is 73.0 Å². The number of benzene rings is 1. The Labute approximate surface area is 175 Å². The second kappa shape index (κ2) is 10.0. The Hall–Kier alpha value is -1.48. The highest BCUT2D eigenvalue weighted by molar-refractivity contribution is 7.89. The minimum atomic E-state index is -3.63. The summed E-state index contributed by atoms with van der Waals surface area (Å²) in [5.41, 5.74) is 2.03. The molecule has 1 aromatic carbocycles. The fourth-order valence-electron chi connectivity index (χ4n) is 3.93. The van der Waals surface area contributed by atoms with Gasteiger partial charge in [0.05, 0.1) is 4.90 Å².